The van der Waals surface area contributed by atoms with Gasteiger partial charge in [-0.2, -0.15) is 13.2 Å². The molecule has 2 aromatic rings. The van der Waals surface area contributed by atoms with Crippen LogP contribution in [-0.2, 0) is 5.54 Å². The van der Waals surface area contributed by atoms with Gasteiger partial charge in [-0.25, -0.2) is 13.6 Å². The van der Waals surface area contributed by atoms with Crippen LogP contribution in [0, 0.1) is 0 Å². The molecule has 1 unspecified atom stereocenters. The molecular formula is C18H14ClF5N2O. The van der Waals surface area contributed by atoms with Crippen LogP contribution in [0.2, 0.25) is 5.02 Å². The number of carbonyl (C=O) groups excluding carboxylic acids is 1. The molecule has 1 atom stereocenters. The van der Waals surface area contributed by atoms with E-state index in [1.807, 2.05) is 0 Å². The summed E-state index contributed by atoms with van der Waals surface area (Å²) in [5.74, 6) is 0. The van der Waals surface area contributed by atoms with Gasteiger partial charge in [-0.05, 0) is 23.8 Å². The van der Waals surface area contributed by atoms with Gasteiger partial charge in [0.15, 0.2) is 0 Å². The molecule has 0 saturated carbocycles. The Balaban J connectivity index is 2.34. The van der Waals surface area contributed by atoms with Crippen molar-refractivity contribution in [3.8, 4) is 0 Å². The number of hydrogen-bond donors (Lipinski definition) is 1. The van der Waals surface area contributed by atoms with Crippen molar-refractivity contribution in [3.63, 3.8) is 0 Å². The zero-order valence-electron chi connectivity index (χ0n) is 13.7. The first-order valence-electron chi connectivity index (χ1n) is 7.92. The van der Waals surface area contributed by atoms with Gasteiger partial charge < -0.3 is 10.2 Å². The molecule has 3 nitrogen and oxygen atoms in total. The molecule has 27 heavy (non-hydrogen) atoms. The van der Waals surface area contributed by atoms with Crippen molar-refractivity contribution in [1.82, 2.24) is 4.90 Å². The number of urea groups is 1. The number of halogens is 6. The lowest BCUT2D eigenvalue weighted by atomic mass is 9.76. The fourth-order valence-electron chi connectivity index (χ4n) is 3.44. The second-order valence-corrected chi connectivity index (χ2v) is 6.58. The molecule has 0 saturated heterocycles. The number of hydrogen-bond acceptors (Lipinski definition) is 1. The number of fused-ring (bicyclic) bond motifs is 1. The molecule has 2 aromatic carbocycles. The molecule has 1 aliphatic rings. The summed E-state index contributed by atoms with van der Waals surface area (Å²) in [6, 6.07) is 10.5. The number of benzene rings is 2. The number of nitrogens with zero attached hydrogens (tertiary/aromatic N) is 1. The van der Waals surface area contributed by atoms with Crippen LogP contribution in [0.25, 0.3) is 0 Å². The molecule has 0 bridgehead atoms. The highest BCUT2D eigenvalue weighted by Crippen LogP contribution is 2.48. The molecule has 3 rings (SSSR count). The molecular weight excluding hydrogens is 391 g/mol. The van der Waals surface area contributed by atoms with E-state index in [0.717, 1.165) is 0 Å². The summed E-state index contributed by atoms with van der Waals surface area (Å²) in [6.45, 7) is -1.69. The lowest BCUT2D eigenvalue weighted by molar-refractivity contribution is -0.151. The maximum absolute atomic E-state index is 13.6. The van der Waals surface area contributed by atoms with E-state index in [1.54, 1.807) is 6.07 Å². The molecule has 0 aromatic heterocycles. The van der Waals surface area contributed by atoms with Gasteiger partial charge in [-0.1, -0.05) is 41.9 Å². The second kappa shape index (κ2) is 6.99. The van der Waals surface area contributed by atoms with E-state index in [-0.39, 0.29) is 21.8 Å². The van der Waals surface area contributed by atoms with Gasteiger partial charge in [0.05, 0.1) is 0 Å². The van der Waals surface area contributed by atoms with Crippen LogP contribution in [-0.4, -0.2) is 30.1 Å². The summed E-state index contributed by atoms with van der Waals surface area (Å²) in [5.41, 5.74) is -1.64. The van der Waals surface area contributed by atoms with E-state index in [1.165, 1.54) is 42.5 Å². The third-order valence-electron chi connectivity index (χ3n) is 4.41. The summed E-state index contributed by atoms with van der Waals surface area (Å²) in [6.07, 6.45) is -8.76. The number of carbonyl (C=O) groups is 1. The molecule has 144 valence electrons. The van der Waals surface area contributed by atoms with Crippen LogP contribution < -0.4 is 5.32 Å². The van der Waals surface area contributed by atoms with Crippen LogP contribution in [0.5, 0.6) is 0 Å². The zero-order valence-corrected chi connectivity index (χ0v) is 14.5. The third-order valence-corrected chi connectivity index (χ3v) is 4.65. The van der Waals surface area contributed by atoms with E-state index in [9.17, 15) is 26.7 Å². The number of anilines is 1. The highest BCUT2D eigenvalue weighted by atomic mass is 35.5. The van der Waals surface area contributed by atoms with Gasteiger partial charge in [-0.3, -0.25) is 0 Å². The summed E-state index contributed by atoms with van der Waals surface area (Å²) in [5, 5.41) is 2.50. The molecule has 0 radical (unpaired) electrons. The quantitative estimate of drug-likeness (QED) is 0.656. The van der Waals surface area contributed by atoms with Crippen molar-refractivity contribution in [2.75, 3.05) is 11.9 Å². The molecule has 1 aliphatic heterocycles. The monoisotopic (exact) mass is 404 g/mol. The topological polar surface area (TPSA) is 32.3 Å². The van der Waals surface area contributed by atoms with Gasteiger partial charge in [-0.15, -0.1) is 0 Å². The zero-order chi connectivity index (χ0) is 19.8. The second-order valence-electron chi connectivity index (χ2n) is 6.14. The van der Waals surface area contributed by atoms with Gasteiger partial charge in [0.2, 0.25) is 6.43 Å². The number of amides is 2. The smallest absolute Gasteiger partial charge is 0.307 e. The van der Waals surface area contributed by atoms with Crippen LogP contribution in [0.4, 0.5) is 32.4 Å². The minimum Gasteiger partial charge on any atom is -0.307 e. The predicted molar refractivity (Wildman–Crippen MR) is 91.1 cm³/mol. The minimum absolute atomic E-state index is 0.0883. The molecule has 1 heterocycles. The summed E-state index contributed by atoms with van der Waals surface area (Å²) >= 11 is 6.00. The Kier molecular flexibility index (Phi) is 5.03. The van der Waals surface area contributed by atoms with Gasteiger partial charge in [0, 0.05) is 22.7 Å². The van der Waals surface area contributed by atoms with E-state index < -0.39 is 37.1 Å². The Morgan fingerprint density at radius 1 is 1.11 bits per heavy atom. The lowest BCUT2D eigenvalue weighted by Gasteiger charge is -2.48. The van der Waals surface area contributed by atoms with Crippen LogP contribution in [0.3, 0.4) is 0 Å². The number of nitrogens with one attached hydrogen (secondary N) is 1. The largest absolute Gasteiger partial charge is 0.406 e. The standard InChI is InChI=1S/C18H14ClF5N2O/c19-12-6-7-14-13(8-12)17(9-15(20)21,11-4-2-1-3-5-11)26(16(27)25-14)10-18(22,23)24/h1-8,15H,9-10H2,(H,25,27). The summed E-state index contributed by atoms with van der Waals surface area (Å²) < 4.78 is 66.9. The molecule has 0 spiro atoms. The number of rotatable bonds is 4. The molecule has 2 amide bonds. The Hall–Kier alpha value is -2.35. The Bertz CT molecular complexity index is 843. The van der Waals surface area contributed by atoms with Crippen LogP contribution in [0.1, 0.15) is 17.5 Å². The van der Waals surface area contributed by atoms with Crippen molar-refractivity contribution in [2.45, 2.75) is 24.6 Å². The first kappa shape index (κ1) is 19.4. The molecule has 1 N–H and O–H groups in total. The maximum atomic E-state index is 13.6. The summed E-state index contributed by atoms with van der Waals surface area (Å²) in [7, 11) is 0. The molecule has 9 heteroatoms. The Labute approximate surface area is 156 Å². The SMILES string of the molecule is O=C1Nc2ccc(Cl)cc2C(CC(F)F)(c2ccccc2)N1CC(F)(F)F. The van der Waals surface area contributed by atoms with E-state index in [2.05, 4.69) is 5.32 Å². The normalized spacial score (nSPS) is 19.8. The van der Waals surface area contributed by atoms with Crippen molar-refractivity contribution in [3.05, 3.63) is 64.7 Å². The lowest BCUT2D eigenvalue weighted by Crippen LogP contribution is -2.58. The number of alkyl halides is 5. The first-order valence-corrected chi connectivity index (χ1v) is 8.30. The fraction of sp³-hybridized carbons (Fsp3) is 0.278. The predicted octanol–water partition coefficient (Wildman–Crippen LogP) is 5.65. The third kappa shape index (κ3) is 3.71. The van der Waals surface area contributed by atoms with Crippen LogP contribution >= 0.6 is 11.6 Å². The highest BCUT2D eigenvalue weighted by Gasteiger charge is 2.52. The average molecular weight is 405 g/mol. The van der Waals surface area contributed by atoms with Crippen molar-refractivity contribution >= 4 is 23.3 Å². The van der Waals surface area contributed by atoms with Gasteiger partial charge in [0.25, 0.3) is 0 Å². The van der Waals surface area contributed by atoms with E-state index in [4.69, 9.17) is 11.6 Å². The van der Waals surface area contributed by atoms with Crippen molar-refractivity contribution in [1.29, 1.82) is 0 Å². The highest BCUT2D eigenvalue weighted by molar-refractivity contribution is 6.30. The maximum Gasteiger partial charge on any atom is 0.406 e. The first-order chi connectivity index (χ1) is 12.6. The molecule has 0 fully saturated rings. The van der Waals surface area contributed by atoms with Gasteiger partial charge >= 0.3 is 12.2 Å². The Morgan fingerprint density at radius 3 is 2.37 bits per heavy atom. The minimum atomic E-state index is -4.78. The van der Waals surface area contributed by atoms with Crippen LogP contribution in [0.15, 0.2) is 48.5 Å². The Morgan fingerprint density at radius 2 is 1.78 bits per heavy atom. The van der Waals surface area contributed by atoms with Gasteiger partial charge in [0.1, 0.15) is 12.1 Å². The van der Waals surface area contributed by atoms with E-state index >= 15 is 0 Å². The molecule has 0 aliphatic carbocycles. The van der Waals surface area contributed by atoms with E-state index in [0.29, 0.717) is 4.90 Å². The van der Waals surface area contributed by atoms with Crippen molar-refractivity contribution < 1.29 is 26.7 Å². The fourth-order valence-corrected chi connectivity index (χ4v) is 3.61. The van der Waals surface area contributed by atoms with Crippen molar-refractivity contribution in [2.24, 2.45) is 0 Å². The average Bonchev–Trinajstić information content (AvgIpc) is 2.58. The summed E-state index contributed by atoms with van der Waals surface area (Å²) in [4.78, 5) is 12.9.